The van der Waals surface area contributed by atoms with Crippen molar-refractivity contribution in [2.75, 3.05) is 0 Å². The van der Waals surface area contributed by atoms with Gasteiger partial charge < -0.3 is 15.2 Å². The molecule has 1 amide bonds. The lowest BCUT2D eigenvalue weighted by Crippen LogP contribution is -2.38. The number of carbonyl (C=O) groups excluding carboxylic acids is 2. The van der Waals surface area contributed by atoms with Gasteiger partial charge in [-0.05, 0) is 6.92 Å². The first-order valence-corrected chi connectivity index (χ1v) is 2.55. The fraction of sp³-hybridized carbons (Fsp3) is 0.600. The van der Waals surface area contributed by atoms with Crippen LogP contribution in [0.15, 0.2) is 0 Å². The number of aliphatic hydroxyl groups excluding tert-OH is 1. The molecule has 0 rings (SSSR count). The molecule has 4 heteroatoms. The number of hydrogen-bond donors (Lipinski definition) is 2. The van der Waals surface area contributed by atoms with E-state index in [0.717, 1.165) is 0 Å². The van der Waals surface area contributed by atoms with Gasteiger partial charge >= 0.3 is 0 Å². The molecule has 2 atom stereocenters. The number of aliphatic hydroxyl groups is 1. The van der Waals surface area contributed by atoms with Crippen molar-refractivity contribution in [2.45, 2.75) is 19.1 Å². The quantitative estimate of drug-likeness (QED) is 0.465. The molecule has 0 bridgehead atoms. The molecule has 0 unspecified atom stereocenters. The second kappa shape index (κ2) is 4.03. The van der Waals surface area contributed by atoms with Gasteiger partial charge in [-0.2, -0.15) is 0 Å². The summed E-state index contributed by atoms with van der Waals surface area (Å²) in [7, 11) is 0. The summed E-state index contributed by atoms with van der Waals surface area (Å²) in [6, 6.07) is -0.775. The van der Waals surface area contributed by atoms with Crippen molar-refractivity contribution < 1.29 is 14.7 Å². The Morgan fingerprint density at radius 1 is 1.56 bits per heavy atom. The Bertz CT molecular complexity index is 102. The third kappa shape index (κ3) is 2.81. The number of amides is 1. The largest absolute Gasteiger partial charge is 0.391 e. The van der Waals surface area contributed by atoms with E-state index in [4.69, 9.17) is 5.11 Å². The van der Waals surface area contributed by atoms with Crippen molar-refractivity contribution in [1.82, 2.24) is 5.32 Å². The second-order valence-corrected chi connectivity index (χ2v) is 1.69. The molecule has 0 aliphatic rings. The van der Waals surface area contributed by atoms with E-state index in [0.29, 0.717) is 12.7 Å². The van der Waals surface area contributed by atoms with Gasteiger partial charge in [0.1, 0.15) is 12.3 Å². The summed E-state index contributed by atoms with van der Waals surface area (Å²) in [6.07, 6.45) is 0.0397. The lowest BCUT2D eigenvalue weighted by atomic mass is 10.2. The van der Waals surface area contributed by atoms with Crippen LogP contribution in [0.1, 0.15) is 6.92 Å². The normalized spacial score (nSPS) is 15.8. The van der Waals surface area contributed by atoms with Gasteiger partial charge in [-0.15, -0.1) is 0 Å². The number of rotatable bonds is 4. The van der Waals surface area contributed by atoms with Crippen LogP contribution in [0.2, 0.25) is 0 Å². The summed E-state index contributed by atoms with van der Waals surface area (Å²) < 4.78 is 0. The van der Waals surface area contributed by atoms with Crippen LogP contribution in [0.25, 0.3) is 0 Å². The summed E-state index contributed by atoms with van der Waals surface area (Å²) in [5, 5.41) is 10.8. The Balaban J connectivity index is 3.66. The van der Waals surface area contributed by atoms with E-state index >= 15 is 0 Å². The molecule has 0 saturated carbocycles. The maximum atomic E-state index is 9.96. The zero-order valence-corrected chi connectivity index (χ0v) is 5.07. The number of nitrogens with one attached hydrogen (secondary N) is 1. The third-order valence-corrected chi connectivity index (χ3v) is 0.927. The van der Waals surface area contributed by atoms with E-state index in [9.17, 15) is 9.59 Å². The summed E-state index contributed by atoms with van der Waals surface area (Å²) in [5.74, 6) is 0. The summed E-state index contributed by atoms with van der Waals surface area (Å²) in [6.45, 7) is 1.43. The molecule has 0 heterocycles. The zero-order chi connectivity index (χ0) is 7.28. The van der Waals surface area contributed by atoms with E-state index in [1.54, 1.807) is 0 Å². The minimum absolute atomic E-state index is 0.381. The molecule has 0 aromatic rings. The topological polar surface area (TPSA) is 66.4 Å². The fourth-order valence-corrected chi connectivity index (χ4v) is 0.371. The van der Waals surface area contributed by atoms with E-state index in [1.807, 2.05) is 0 Å². The first-order valence-electron chi connectivity index (χ1n) is 2.55. The molecule has 0 saturated heterocycles. The summed E-state index contributed by atoms with van der Waals surface area (Å²) >= 11 is 0. The smallest absolute Gasteiger partial charge is 0.207 e. The Morgan fingerprint density at radius 2 is 2.11 bits per heavy atom. The highest BCUT2D eigenvalue weighted by Crippen LogP contribution is 1.84. The molecular weight excluding hydrogens is 122 g/mol. The maximum Gasteiger partial charge on any atom is 0.207 e. The van der Waals surface area contributed by atoms with Gasteiger partial charge in [-0.3, -0.25) is 4.79 Å². The highest BCUT2D eigenvalue weighted by atomic mass is 16.3. The van der Waals surface area contributed by atoms with Gasteiger partial charge in [0, 0.05) is 0 Å². The molecule has 52 valence electrons. The molecule has 0 aliphatic carbocycles. The van der Waals surface area contributed by atoms with Crippen molar-refractivity contribution in [3.05, 3.63) is 0 Å². The van der Waals surface area contributed by atoms with Crippen molar-refractivity contribution in [3.8, 4) is 0 Å². The monoisotopic (exact) mass is 131 g/mol. The minimum Gasteiger partial charge on any atom is -0.391 e. The van der Waals surface area contributed by atoms with E-state index in [2.05, 4.69) is 5.32 Å². The number of hydrogen-bond acceptors (Lipinski definition) is 3. The molecule has 4 nitrogen and oxygen atoms in total. The summed E-state index contributed by atoms with van der Waals surface area (Å²) in [5.41, 5.74) is 0. The van der Waals surface area contributed by atoms with E-state index < -0.39 is 12.1 Å². The molecule has 9 heavy (non-hydrogen) atoms. The Labute approximate surface area is 52.9 Å². The average molecular weight is 131 g/mol. The number of aldehydes is 1. The Hall–Kier alpha value is -0.900. The summed E-state index contributed by atoms with van der Waals surface area (Å²) in [4.78, 5) is 19.7. The van der Waals surface area contributed by atoms with E-state index in [1.165, 1.54) is 6.92 Å². The zero-order valence-electron chi connectivity index (χ0n) is 5.07. The SMILES string of the molecule is C[C@@H](O)[C@@H](C=O)NC=O. The van der Waals surface area contributed by atoms with E-state index in [-0.39, 0.29) is 0 Å². The minimum atomic E-state index is -0.826. The van der Waals surface area contributed by atoms with Crippen molar-refractivity contribution >= 4 is 12.7 Å². The van der Waals surface area contributed by atoms with Gasteiger partial charge in [0.15, 0.2) is 0 Å². The van der Waals surface area contributed by atoms with Gasteiger partial charge in [0.2, 0.25) is 6.41 Å². The van der Waals surface area contributed by atoms with Crippen LogP contribution >= 0.6 is 0 Å². The Kier molecular flexibility index (Phi) is 3.62. The van der Waals surface area contributed by atoms with Crippen LogP contribution in [0.3, 0.4) is 0 Å². The first-order chi connectivity index (χ1) is 4.22. The molecule has 0 aromatic heterocycles. The average Bonchev–Trinajstić information content (AvgIpc) is 1.82. The third-order valence-electron chi connectivity index (χ3n) is 0.927. The lowest BCUT2D eigenvalue weighted by molar-refractivity contribution is -0.117. The van der Waals surface area contributed by atoms with Crippen LogP contribution in [0, 0.1) is 0 Å². The molecule has 0 radical (unpaired) electrons. The van der Waals surface area contributed by atoms with Crippen molar-refractivity contribution in [1.29, 1.82) is 0 Å². The van der Waals surface area contributed by atoms with Crippen LogP contribution in [-0.2, 0) is 9.59 Å². The highest BCUT2D eigenvalue weighted by molar-refractivity contribution is 5.64. The second-order valence-electron chi connectivity index (χ2n) is 1.69. The van der Waals surface area contributed by atoms with Crippen LogP contribution in [0.5, 0.6) is 0 Å². The van der Waals surface area contributed by atoms with Crippen LogP contribution in [0.4, 0.5) is 0 Å². The molecule has 0 spiro atoms. The van der Waals surface area contributed by atoms with Gasteiger partial charge in [-0.1, -0.05) is 0 Å². The molecule has 0 aromatic carbocycles. The van der Waals surface area contributed by atoms with Crippen molar-refractivity contribution in [3.63, 3.8) is 0 Å². The van der Waals surface area contributed by atoms with Gasteiger partial charge in [0.05, 0.1) is 6.10 Å². The number of carbonyl (C=O) groups is 2. The van der Waals surface area contributed by atoms with Crippen LogP contribution in [-0.4, -0.2) is 29.9 Å². The van der Waals surface area contributed by atoms with Crippen molar-refractivity contribution in [2.24, 2.45) is 0 Å². The lowest BCUT2D eigenvalue weighted by Gasteiger charge is -2.10. The predicted octanol–water partition coefficient (Wildman–Crippen LogP) is -1.32. The molecular formula is C5H9NO3. The molecule has 0 fully saturated rings. The molecule has 0 aliphatic heterocycles. The molecule has 2 N–H and O–H groups in total. The Morgan fingerprint density at radius 3 is 2.22 bits per heavy atom. The first kappa shape index (κ1) is 8.10. The van der Waals surface area contributed by atoms with Crippen LogP contribution < -0.4 is 5.32 Å². The maximum absolute atomic E-state index is 9.96. The van der Waals surface area contributed by atoms with Gasteiger partial charge in [0.25, 0.3) is 0 Å². The predicted molar refractivity (Wildman–Crippen MR) is 30.7 cm³/mol. The highest BCUT2D eigenvalue weighted by Gasteiger charge is 2.10. The fourth-order valence-electron chi connectivity index (χ4n) is 0.371. The standard InChI is InChI=1S/C5H9NO3/c1-4(9)5(2-7)6-3-8/h2-5,9H,1H3,(H,6,8)/t4-,5-/m1/s1. The van der Waals surface area contributed by atoms with Gasteiger partial charge in [-0.25, -0.2) is 0 Å².